The van der Waals surface area contributed by atoms with Crippen LogP contribution in [0.1, 0.15) is 50.8 Å². The van der Waals surface area contributed by atoms with Gasteiger partial charge in [0.15, 0.2) is 0 Å². The largest absolute Gasteiger partial charge is 0.444 e. The van der Waals surface area contributed by atoms with Gasteiger partial charge in [-0.25, -0.2) is 4.79 Å². The van der Waals surface area contributed by atoms with E-state index in [0.717, 1.165) is 22.7 Å². The predicted molar refractivity (Wildman–Crippen MR) is 151 cm³/mol. The number of benzene rings is 2. The average Bonchev–Trinajstić information content (AvgIpc) is 3.37. The number of imide groups is 1. The molecule has 1 N–H and O–H groups in total. The van der Waals surface area contributed by atoms with Crippen molar-refractivity contribution in [2.45, 2.75) is 58.5 Å². The number of fused-ring (bicyclic) bond motifs is 1. The molecule has 41 heavy (non-hydrogen) atoms. The summed E-state index contributed by atoms with van der Waals surface area (Å²) < 4.78 is 47.3. The molecule has 1 aromatic heterocycles. The molecule has 0 unspecified atom stereocenters. The number of thioether (sulfide) groups is 1. The highest BCUT2D eigenvalue weighted by molar-refractivity contribution is 8.18. The van der Waals surface area contributed by atoms with Crippen LogP contribution in [0.2, 0.25) is 5.02 Å². The lowest BCUT2D eigenvalue weighted by atomic mass is 10.1. The van der Waals surface area contributed by atoms with Gasteiger partial charge < -0.3 is 10.1 Å². The molecular weight excluding hydrogens is 581 g/mol. The van der Waals surface area contributed by atoms with Crippen LogP contribution in [0.25, 0.3) is 17.0 Å². The number of carbonyl (C=O) groups is 3. The Labute approximate surface area is 243 Å². The van der Waals surface area contributed by atoms with Crippen molar-refractivity contribution < 1.29 is 32.3 Å². The Bertz CT molecular complexity index is 1530. The highest BCUT2D eigenvalue weighted by atomic mass is 35.5. The molecule has 3 amide bonds. The molecule has 0 bridgehead atoms. The number of aromatic nitrogens is 2. The summed E-state index contributed by atoms with van der Waals surface area (Å²) in [5.74, 6) is -0.484. The standard InChI is InChI=1S/C28H28ClF3N4O4S/c1-5-20(34-25(38)40-27(2,3)4)15-35-24(37)23(41-26(35)39)11-16-6-9-22-18(10-16)13-33-36(22)14-17-7-8-19(29)12-21(17)28(30,31)32/h6-13,20H,5,14-15H2,1-4H3,(H,34,38)/t20-/m0/s1. The molecule has 3 aromatic rings. The molecule has 2 aromatic carbocycles. The third-order valence-corrected chi connectivity index (χ3v) is 7.29. The third kappa shape index (κ3) is 7.42. The lowest BCUT2D eigenvalue weighted by molar-refractivity contribution is -0.138. The van der Waals surface area contributed by atoms with Crippen molar-refractivity contribution in [3.63, 3.8) is 0 Å². The molecular formula is C28H28ClF3N4O4S. The van der Waals surface area contributed by atoms with Gasteiger partial charge >= 0.3 is 12.3 Å². The van der Waals surface area contributed by atoms with Crippen molar-refractivity contribution in [2.75, 3.05) is 6.54 Å². The minimum Gasteiger partial charge on any atom is -0.444 e. The van der Waals surface area contributed by atoms with E-state index in [1.807, 2.05) is 6.92 Å². The van der Waals surface area contributed by atoms with E-state index in [1.165, 1.54) is 23.0 Å². The summed E-state index contributed by atoms with van der Waals surface area (Å²) in [6.45, 7) is 6.91. The lowest BCUT2D eigenvalue weighted by Crippen LogP contribution is -2.46. The summed E-state index contributed by atoms with van der Waals surface area (Å²) >= 11 is 6.58. The lowest BCUT2D eigenvalue weighted by Gasteiger charge is -2.25. The number of amides is 3. The summed E-state index contributed by atoms with van der Waals surface area (Å²) in [6.07, 6.45) is -1.63. The summed E-state index contributed by atoms with van der Waals surface area (Å²) in [5, 5.41) is 7.13. The van der Waals surface area contributed by atoms with Gasteiger partial charge in [0.1, 0.15) is 5.60 Å². The van der Waals surface area contributed by atoms with Crippen LogP contribution in [0.4, 0.5) is 22.8 Å². The van der Waals surface area contributed by atoms with Crippen LogP contribution in [0, 0.1) is 0 Å². The van der Waals surface area contributed by atoms with Crippen LogP contribution in [0.15, 0.2) is 47.5 Å². The van der Waals surface area contributed by atoms with Crippen molar-refractivity contribution in [1.29, 1.82) is 0 Å². The van der Waals surface area contributed by atoms with Gasteiger partial charge in [0.25, 0.3) is 11.1 Å². The van der Waals surface area contributed by atoms with Gasteiger partial charge in [-0.3, -0.25) is 19.2 Å². The molecule has 218 valence electrons. The minimum atomic E-state index is -4.57. The monoisotopic (exact) mass is 608 g/mol. The maximum Gasteiger partial charge on any atom is 0.416 e. The third-order valence-electron chi connectivity index (χ3n) is 6.15. The minimum absolute atomic E-state index is 0.00579. The number of alkyl halides is 3. The Morgan fingerprint density at radius 3 is 2.56 bits per heavy atom. The molecule has 1 aliphatic heterocycles. The van der Waals surface area contributed by atoms with Gasteiger partial charge in [-0.1, -0.05) is 30.7 Å². The molecule has 1 atom stereocenters. The average molecular weight is 609 g/mol. The SMILES string of the molecule is CC[C@@H](CN1C(=O)SC(=Cc2ccc3c(cnn3Cc3ccc(Cl)cc3C(F)(F)F)c2)C1=O)NC(=O)OC(C)(C)C. The van der Waals surface area contributed by atoms with E-state index in [0.29, 0.717) is 22.9 Å². The molecule has 0 radical (unpaired) electrons. The quantitative estimate of drug-likeness (QED) is 0.288. The number of hydrogen-bond acceptors (Lipinski definition) is 6. The van der Waals surface area contributed by atoms with Gasteiger partial charge in [0.05, 0.1) is 41.3 Å². The van der Waals surface area contributed by atoms with E-state index in [-0.39, 0.29) is 28.6 Å². The topological polar surface area (TPSA) is 93.5 Å². The zero-order valence-electron chi connectivity index (χ0n) is 22.7. The number of rotatable bonds is 7. The van der Waals surface area contributed by atoms with Gasteiger partial charge in [-0.2, -0.15) is 18.3 Å². The fourth-order valence-corrected chi connectivity index (χ4v) is 5.23. The normalized spacial score (nSPS) is 16.1. The van der Waals surface area contributed by atoms with E-state index in [2.05, 4.69) is 10.4 Å². The summed E-state index contributed by atoms with van der Waals surface area (Å²) in [7, 11) is 0. The second-order valence-corrected chi connectivity index (χ2v) is 11.9. The fraction of sp³-hybridized carbons (Fsp3) is 0.357. The first kappa shape index (κ1) is 30.4. The number of nitrogens with zero attached hydrogens (tertiary/aromatic N) is 3. The van der Waals surface area contributed by atoms with Crippen LogP contribution in [0.3, 0.4) is 0 Å². The van der Waals surface area contributed by atoms with E-state index < -0.39 is 40.6 Å². The van der Waals surface area contributed by atoms with Gasteiger partial charge in [-0.15, -0.1) is 0 Å². The fourth-order valence-electron chi connectivity index (χ4n) is 4.21. The Morgan fingerprint density at radius 2 is 1.90 bits per heavy atom. The zero-order chi connectivity index (χ0) is 30.1. The Morgan fingerprint density at radius 1 is 1.17 bits per heavy atom. The number of halogens is 4. The summed E-state index contributed by atoms with van der Waals surface area (Å²) in [5.41, 5.74) is -0.280. The first-order chi connectivity index (χ1) is 19.1. The van der Waals surface area contributed by atoms with Crippen molar-refractivity contribution >= 4 is 57.6 Å². The van der Waals surface area contributed by atoms with Crippen molar-refractivity contribution in [1.82, 2.24) is 20.0 Å². The van der Waals surface area contributed by atoms with Crippen molar-refractivity contribution in [2.24, 2.45) is 0 Å². The molecule has 0 saturated carbocycles. The molecule has 0 spiro atoms. The smallest absolute Gasteiger partial charge is 0.416 e. The number of carbonyl (C=O) groups excluding carboxylic acids is 3. The number of ether oxygens (including phenoxy) is 1. The molecule has 0 aliphatic carbocycles. The molecule has 1 aliphatic rings. The molecule has 1 saturated heterocycles. The molecule has 13 heteroatoms. The van der Waals surface area contributed by atoms with Crippen molar-refractivity contribution in [3.8, 4) is 0 Å². The van der Waals surface area contributed by atoms with Crippen LogP contribution >= 0.6 is 23.4 Å². The Kier molecular flexibility index (Phi) is 8.74. The molecule has 8 nitrogen and oxygen atoms in total. The second kappa shape index (κ2) is 11.8. The Hall–Kier alpha value is -3.51. The molecule has 2 heterocycles. The predicted octanol–water partition coefficient (Wildman–Crippen LogP) is 7.10. The highest BCUT2D eigenvalue weighted by Gasteiger charge is 2.37. The van der Waals surface area contributed by atoms with Gasteiger partial charge in [0.2, 0.25) is 0 Å². The van der Waals surface area contributed by atoms with E-state index in [9.17, 15) is 27.6 Å². The van der Waals surface area contributed by atoms with Crippen LogP contribution in [-0.2, 0) is 22.3 Å². The number of alkyl carbamates (subject to hydrolysis) is 1. The van der Waals surface area contributed by atoms with Crippen LogP contribution in [0.5, 0.6) is 0 Å². The van der Waals surface area contributed by atoms with Gasteiger partial charge in [-0.05, 0) is 80.4 Å². The van der Waals surface area contributed by atoms with Crippen molar-refractivity contribution in [3.05, 3.63) is 69.2 Å². The number of hydrogen-bond donors (Lipinski definition) is 1. The first-order valence-electron chi connectivity index (χ1n) is 12.7. The summed E-state index contributed by atoms with van der Waals surface area (Å²) in [4.78, 5) is 39.1. The van der Waals surface area contributed by atoms with E-state index in [4.69, 9.17) is 16.3 Å². The zero-order valence-corrected chi connectivity index (χ0v) is 24.3. The highest BCUT2D eigenvalue weighted by Crippen LogP contribution is 2.35. The van der Waals surface area contributed by atoms with E-state index in [1.54, 1.807) is 45.0 Å². The maximum atomic E-state index is 13.5. The molecule has 1 fully saturated rings. The Balaban J connectivity index is 1.50. The van der Waals surface area contributed by atoms with Crippen LogP contribution < -0.4 is 5.32 Å². The first-order valence-corrected chi connectivity index (χ1v) is 13.9. The second-order valence-electron chi connectivity index (χ2n) is 10.5. The van der Waals surface area contributed by atoms with Gasteiger partial charge in [0, 0.05) is 10.4 Å². The number of nitrogens with one attached hydrogen (secondary N) is 1. The summed E-state index contributed by atoms with van der Waals surface area (Å²) in [6, 6.07) is 8.26. The van der Waals surface area contributed by atoms with Crippen LogP contribution in [-0.4, -0.2) is 50.1 Å². The van der Waals surface area contributed by atoms with E-state index >= 15 is 0 Å². The molecule has 4 rings (SSSR count). The maximum absolute atomic E-state index is 13.5.